The molecule has 6 nitrogen and oxygen atoms in total. The van der Waals surface area contributed by atoms with Crippen LogP contribution in [0.2, 0.25) is 0 Å². The van der Waals surface area contributed by atoms with Gasteiger partial charge in [-0.25, -0.2) is 13.6 Å². The van der Waals surface area contributed by atoms with Crippen LogP contribution in [0, 0.1) is 24.0 Å². The molecular weight excluding hydrogens is 220 g/mol. The number of nitrogens with zero attached hydrogens (tertiary/aromatic N) is 1. The SMILES string of the molecule is Cc1cc([N+](=O)[O-])c(C)c(S(N)(=O)=O)c1. The maximum Gasteiger partial charge on any atom is 0.273 e. The summed E-state index contributed by atoms with van der Waals surface area (Å²) in [4.78, 5) is 9.80. The number of aryl methyl sites for hydroxylation is 1. The summed E-state index contributed by atoms with van der Waals surface area (Å²) in [5.41, 5.74) is 0.309. The van der Waals surface area contributed by atoms with Crippen LogP contribution >= 0.6 is 0 Å². The Morgan fingerprint density at radius 2 is 1.87 bits per heavy atom. The second kappa shape index (κ2) is 3.59. The van der Waals surface area contributed by atoms with Crippen LogP contribution in [0.1, 0.15) is 11.1 Å². The fourth-order valence-corrected chi connectivity index (χ4v) is 2.17. The van der Waals surface area contributed by atoms with Crippen LogP contribution in [-0.2, 0) is 10.0 Å². The van der Waals surface area contributed by atoms with Crippen LogP contribution in [0.3, 0.4) is 0 Å². The standard InChI is InChI=1S/C8H10N2O4S/c1-5-3-7(10(11)12)6(2)8(4-5)15(9,13)14/h3-4H,1-2H3,(H2,9,13,14). The summed E-state index contributed by atoms with van der Waals surface area (Å²) in [6.07, 6.45) is 0. The minimum absolute atomic E-state index is 0.0631. The third-order valence-corrected chi connectivity index (χ3v) is 3.02. The first-order valence-electron chi connectivity index (χ1n) is 4.02. The summed E-state index contributed by atoms with van der Waals surface area (Å²) >= 11 is 0. The molecule has 7 heteroatoms. The predicted octanol–water partition coefficient (Wildman–Crippen LogP) is 0.859. The van der Waals surface area contributed by atoms with Gasteiger partial charge in [-0.1, -0.05) is 0 Å². The van der Waals surface area contributed by atoms with Gasteiger partial charge in [0.15, 0.2) is 0 Å². The predicted molar refractivity (Wildman–Crippen MR) is 53.9 cm³/mol. The first-order valence-corrected chi connectivity index (χ1v) is 5.56. The molecule has 0 amide bonds. The largest absolute Gasteiger partial charge is 0.273 e. The zero-order valence-electron chi connectivity index (χ0n) is 8.22. The van der Waals surface area contributed by atoms with Crippen LogP contribution in [0.4, 0.5) is 5.69 Å². The molecule has 0 heterocycles. The lowest BCUT2D eigenvalue weighted by Crippen LogP contribution is -2.14. The van der Waals surface area contributed by atoms with Crippen molar-refractivity contribution < 1.29 is 13.3 Å². The van der Waals surface area contributed by atoms with Crippen LogP contribution in [-0.4, -0.2) is 13.3 Å². The van der Waals surface area contributed by atoms with E-state index in [0.29, 0.717) is 5.56 Å². The first kappa shape index (κ1) is 11.6. The van der Waals surface area contributed by atoms with Crippen molar-refractivity contribution in [3.05, 3.63) is 33.4 Å². The topological polar surface area (TPSA) is 103 Å². The van der Waals surface area contributed by atoms with Crippen LogP contribution < -0.4 is 5.14 Å². The molecule has 0 spiro atoms. The average molecular weight is 230 g/mol. The third kappa shape index (κ3) is 2.31. The second-order valence-corrected chi connectivity index (χ2v) is 4.74. The third-order valence-electron chi connectivity index (χ3n) is 1.98. The Kier molecular flexibility index (Phi) is 2.78. The summed E-state index contributed by atoms with van der Waals surface area (Å²) in [5, 5.41) is 15.6. The molecule has 0 bridgehead atoms. The molecule has 0 aliphatic heterocycles. The molecule has 0 aliphatic carbocycles. The smallest absolute Gasteiger partial charge is 0.258 e. The lowest BCUT2D eigenvalue weighted by Gasteiger charge is -2.05. The highest BCUT2D eigenvalue weighted by atomic mass is 32.2. The minimum atomic E-state index is -3.92. The lowest BCUT2D eigenvalue weighted by atomic mass is 10.1. The molecule has 15 heavy (non-hydrogen) atoms. The van der Waals surface area contributed by atoms with E-state index in [4.69, 9.17) is 5.14 Å². The molecule has 0 atom stereocenters. The number of benzene rings is 1. The van der Waals surface area contributed by atoms with Gasteiger partial charge in [0.2, 0.25) is 10.0 Å². The van der Waals surface area contributed by atoms with Gasteiger partial charge in [-0.05, 0) is 25.5 Å². The highest BCUT2D eigenvalue weighted by molar-refractivity contribution is 7.89. The van der Waals surface area contributed by atoms with Gasteiger partial charge in [0, 0.05) is 11.6 Å². The molecule has 0 saturated carbocycles. The van der Waals surface area contributed by atoms with E-state index < -0.39 is 14.9 Å². The lowest BCUT2D eigenvalue weighted by molar-refractivity contribution is -0.385. The molecule has 0 fully saturated rings. The molecule has 82 valence electrons. The number of sulfonamides is 1. The van der Waals surface area contributed by atoms with Gasteiger partial charge >= 0.3 is 0 Å². The number of hydrogen-bond acceptors (Lipinski definition) is 4. The van der Waals surface area contributed by atoms with Crippen molar-refractivity contribution in [1.82, 2.24) is 0 Å². The zero-order chi connectivity index (χ0) is 11.8. The van der Waals surface area contributed by atoms with E-state index in [2.05, 4.69) is 0 Å². The average Bonchev–Trinajstić information content (AvgIpc) is 2.06. The monoisotopic (exact) mass is 230 g/mol. The highest BCUT2D eigenvalue weighted by Crippen LogP contribution is 2.25. The van der Waals surface area contributed by atoms with E-state index in [1.54, 1.807) is 6.92 Å². The molecule has 0 saturated heterocycles. The number of primary sulfonamides is 1. The van der Waals surface area contributed by atoms with E-state index in [-0.39, 0.29) is 16.1 Å². The highest BCUT2D eigenvalue weighted by Gasteiger charge is 2.20. The van der Waals surface area contributed by atoms with Gasteiger partial charge < -0.3 is 0 Å². The summed E-state index contributed by atoms with van der Waals surface area (Å²) in [6.45, 7) is 2.93. The molecule has 0 aliphatic rings. The van der Waals surface area contributed by atoms with Gasteiger partial charge in [-0.15, -0.1) is 0 Å². The Labute approximate surface area is 86.9 Å². The number of rotatable bonds is 2. The fraction of sp³-hybridized carbons (Fsp3) is 0.250. The Bertz CT molecular complexity index is 522. The summed E-state index contributed by atoms with van der Waals surface area (Å²) in [7, 11) is -3.92. The van der Waals surface area contributed by atoms with E-state index in [1.165, 1.54) is 19.1 Å². The van der Waals surface area contributed by atoms with Gasteiger partial charge in [0.1, 0.15) is 0 Å². The molecule has 0 unspecified atom stereocenters. The Morgan fingerprint density at radius 1 is 1.33 bits per heavy atom. The summed E-state index contributed by atoms with van der Waals surface area (Å²) in [6, 6.07) is 2.63. The van der Waals surface area contributed by atoms with Gasteiger partial charge in [0.05, 0.1) is 9.82 Å². The maximum atomic E-state index is 11.1. The number of nitrogens with two attached hydrogens (primary N) is 1. The zero-order valence-corrected chi connectivity index (χ0v) is 9.04. The fourth-order valence-electron chi connectivity index (χ4n) is 1.29. The molecule has 0 aromatic heterocycles. The van der Waals surface area contributed by atoms with Crippen LogP contribution in [0.5, 0.6) is 0 Å². The van der Waals surface area contributed by atoms with Crippen molar-refractivity contribution in [1.29, 1.82) is 0 Å². The van der Waals surface area contributed by atoms with Crippen molar-refractivity contribution in [2.45, 2.75) is 18.7 Å². The number of hydrogen-bond donors (Lipinski definition) is 1. The summed E-state index contributed by atoms with van der Waals surface area (Å²) in [5.74, 6) is 0. The van der Waals surface area contributed by atoms with Crippen molar-refractivity contribution in [2.75, 3.05) is 0 Å². The Morgan fingerprint density at radius 3 is 2.27 bits per heavy atom. The van der Waals surface area contributed by atoms with Gasteiger partial charge in [0.25, 0.3) is 5.69 Å². The molecule has 0 radical (unpaired) electrons. The van der Waals surface area contributed by atoms with Crippen LogP contribution in [0.15, 0.2) is 17.0 Å². The van der Waals surface area contributed by atoms with Gasteiger partial charge in [-0.3, -0.25) is 10.1 Å². The van der Waals surface area contributed by atoms with Crippen LogP contribution in [0.25, 0.3) is 0 Å². The number of nitro groups is 1. The Balaban J connectivity index is 3.63. The normalized spacial score (nSPS) is 11.4. The van der Waals surface area contributed by atoms with E-state index in [0.717, 1.165) is 0 Å². The maximum absolute atomic E-state index is 11.1. The molecule has 2 N–H and O–H groups in total. The van der Waals surface area contributed by atoms with Crippen molar-refractivity contribution in [2.24, 2.45) is 5.14 Å². The van der Waals surface area contributed by atoms with Crippen molar-refractivity contribution in [3.8, 4) is 0 Å². The van der Waals surface area contributed by atoms with E-state index >= 15 is 0 Å². The minimum Gasteiger partial charge on any atom is -0.258 e. The molecule has 1 rings (SSSR count). The second-order valence-electron chi connectivity index (χ2n) is 3.21. The number of nitro benzene ring substituents is 1. The summed E-state index contributed by atoms with van der Waals surface area (Å²) < 4.78 is 22.3. The quantitative estimate of drug-likeness (QED) is 0.601. The van der Waals surface area contributed by atoms with Crippen molar-refractivity contribution >= 4 is 15.7 Å². The Hall–Kier alpha value is -1.47. The van der Waals surface area contributed by atoms with Crippen molar-refractivity contribution in [3.63, 3.8) is 0 Å². The van der Waals surface area contributed by atoms with E-state index in [9.17, 15) is 18.5 Å². The molecule has 1 aromatic carbocycles. The molecular formula is C8H10N2O4S. The first-order chi connectivity index (χ1) is 6.73. The van der Waals surface area contributed by atoms with E-state index in [1.807, 2.05) is 0 Å². The van der Waals surface area contributed by atoms with Gasteiger partial charge in [-0.2, -0.15) is 0 Å². The molecule has 1 aromatic rings.